The van der Waals surface area contributed by atoms with E-state index in [9.17, 15) is 14.7 Å². The Balaban J connectivity index is 5.04. The van der Waals surface area contributed by atoms with Gasteiger partial charge in [0.25, 0.3) is 0 Å². The Labute approximate surface area is 112 Å². The quantitative estimate of drug-likeness (QED) is 0.447. The first-order chi connectivity index (χ1) is 8.62. The summed E-state index contributed by atoms with van der Waals surface area (Å²) in [5.41, 5.74) is 3.75. The number of hydrogen-bond acceptors (Lipinski definition) is 6. The highest BCUT2D eigenvalue weighted by Crippen LogP contribution is 2.26. The van der Waals surface area contributed by atoms with Gasteiger partial charge in [0.15, 0.2) is 0 Å². The van der Waals surface area contributed by atoms with E-state index in [1.807, 2.05) is 0 Å². The van der Waals surface area contributed by atoms with Crippen molar-refractivity contribution in [1.82, 2.24) is 0 Å². The van der Waals surface area contributed by atoms with Crippen molar-refractivity contribution >= 4 is 12.1 Å². The molecule has 3 atom stereocenters. The summed E-state index contributed by atoms with van der Waals surface area (Å²) in [5.74, 6) is -0.687. The van der Waals surface area contributed by atoms with Crippen molar-refractivity contribution in [3.63, 3.8) is 0 Å². The molecule has 0 aromatic carbocycles. The number of hydrogen-bond donors (Lipinski definition) is 3. The van der Waals surface area contributed by atoms with E-state index in [-0.39, 0.29) is 12.0 Å². The van der Waals surface area contributed by atoms with Crippen molar-refractivity contribution in [1.29, 1.82) is 0 Å². The van der Waals surface area contributed by atoms with Gasteiger partial charge in [0.05, 0.1) is 12.7 Å². The van der Waals surface area contributed by atoms with Gasteiger partial charge in [0, 0.05) is 12.0 Å². The Morgan fingerprint density at radius 3 is 2.37 bits per heavy atom. The van der Waals surface area contributed by atoms with Crippen LogP contribution in [0.2, 0.25) is 0 Å². The molecule has 0 saturated heterocycles. The number of aliphatic hydroxyl groups is 2. The van der Waals surface area contributed by atoms with Crippen LogP contribution < -0.4 is 5.73 Å². The number of carbonyl (C=O) groups excluding carboxylic acids is 2. The van der Waals surface area contributed by atoms with Crippen LogP contribution in [-0.4, -0.2) is 46.7 Å². The number of amides is 1. The largest absolute Gasteiger partial charge is 0.452 e. The summed E-state index contributed by atoms with van der Waals surface area (Å²) in [5, 5.41) is 18.4. The summed E-state index contributed by atoms with van der Waals surface area (Å²) in [4.78, 5) is 22.3. The highest BCUT2D eigenvalue weighted by molar-refractivity contribution is 5.87. The van der Waals surface area contributed by atoms with Gasteiger partial charge in [-0.2, -0.15) is 0 Å². The van der Waals surface area contributed by atoms with Gasteiger partial charge in [-0.05, 0) is 20.8 Å². The maximum Gasteiger partial charge on any atom is 0.404 e. The normalized spacial score (nSPS) is 16.9. The minimum absolute atomic E-state index is 0.114. The molecular formula is C12H21NO6. The Hall–Kier alpha value is -1.60. The molecule has 0 aliphatic heterocycles. The SMILES string of the molecule is C=C(C)C(=O)OC(C)(CC(O)CO)C(C)OC(N)=O. The number of rotatable bonds is 7. The molecular weight excluding hydrogens is 254 g/mol. The Kier molecular flexibility index (Phi) is 6.51. The van der Waals surface area contributed by atoms with E-state index in [1.54, 1.807) is 0 Å². The average molecular weight is 275 g/mol. The smallest absolute Gasteiger partial charge is 0.404 e. The topological polar surface area (TPSA) is 119 Å². The number of nitrogens with two attached hydrogens (primary N) is 1. The molecule has 0 spiro atoms. The number of primary amides is 1. The first-order valence-electron chi connectivity index (χ1n) is 5.76. The summed E-state index contributed by atoms with van der Waals surface area (Å²) in [6.45, 7) is 7.34. The van der Waals surface area contributed by atoms with E-state index < -0.39 is 36.5 Å². The van der Waals surface area contributed by atoms with Crippen molar-refractivity contribution in [3.8, 4) is 0 Å². The van der Waals surface area contributed by atoms with Crippen LogP contribution >= 0.6 is 0 Å². The third-order valence-electron chi connectivity index (χ3n) is 2.68. The first-order valence-corrected chi connectivity index (χ1v) is 5.76. The molecule has 0 aromatic rings. The van der Waals surface area contributed by atoms with Gasteiger partial charge in [0.1, 0.15) is 11.7 Å². The second kappa shape index (κ2) is 7.10. The molecule has 7 nitrogen and oxygen atoms in total. The van der Waals surface area contributed by atoms with E-state index in [0.717, 1.165) is 0 Å². The molecule has 0 radical (unpaired) electrons. The van der Waals surface area contributed by atoms with Gasteiger partial charge in [-0.1, -0.05) is 6.58 Å². The molecule has 110 valence electrons. The lowest BCUT2D eigenvalue weighted by Crippen LogP contribution is -2.48. The van der Waals surface area contributed by atoms with Crippen molar-refractivity contribution in [2.75, 3.05) is 6.61 Å². The third kappa shape index (κ3) is 5.71. The summed E-state index contributed by atoms with van der Waals surface area (Å²) in [6, 6.07) is 0. The molecule has 0 saturated carbocycles. The van der Waals surface area contributed by atoms with E-state index in [4.69, 9.17) is 20.3 Å². The first kappa shape index (κ1) is 17.4. The number of esters is 1. The lowest BCUT2D eigenvalue weighted by atomic mass is 9.92. The van der Waals surface area contributed by atoms with Gasteiger partial charge in [0.2, 0.25) is 0 Å². The van der Waals surface area contributed by atoms with E-state index in [1.165, 1.54) is 20.8 Å². The van der Waals surface area contributed by atoms with Crippen molar-refractivity contribution < 1.29 is 29.3 Å². The van der Waals surface area contributed by atoms with Crippen LogP contribution in [0.3, 0.4) is 0 Å². The minimum atomic E-state index is -1.33. The molecule has 0 heterocycles. The van der Waals surface area contributed by atoms with Crippen LogP contribution in [0.1, 0.15) is 27.2 Å². The Morgan fingerprint density at radius 2 is 2.00 bits per heavy atom. The van der Waals surface area contributed by atoms with Gasteiger partial charge in [-0.25, -0.2) is 9.59 Å². The Morgan fingerprint density at radius 1 is 1.47 bits per heavy atom. The molecule has 4 N–H and O–H groups in total. The summed E-state index contributed by atoms with van der Waals surface area (Å²) >= 11 is 0. The summed E-state index contributed by atoms with van der Waals surface area (Å²) in [7, 11) is 0. The Bertz CT molecular complexity index is 356. The lowest BCUT2D eigenvalue weighted by molar-refractivity contribution is -0.170. The fraction of sp³-hybridized carbons (Fsp3) is 0.667. The van der Waals surface area contributed by atoms with Crippen molar-refractivity contribution in [3.05, 3.63) is 12.2 Å². The van der Waals surface area contributed by atoms with Crippen molar-refractivity contribution in [2.45, 2.75) is 45.0 Å². The molecule has 0 rings (SSSR count). The highest BCUT2D eigenvalue weighted by atomic mass is 16.6. The molecule has 0 aliphatic rings. The standard InChI is InChI=1S/C12H21NO6/c1-7(2)10(16)19-12(4,5-9(15)6-14)8(3)18-11(13)17/h8-9,14-15H,1,5-6H2,2-4H3,(H2,13,17). The van der Waals surface area contributed by atoms with Crippen LogP contribution in [0.15, 0.2) is 12.2 Å². The number of aliphatic hydroxyl groups excluding tert-OH is 2. The van der Waals surface area contributed by atoms with Gasteiger partial charge in [-0.3, -0.25) is 0 Å². The fourth-order valence-corrected chi connectivity index (χ4v) is 1.42. The zero-order chi connectivity index (χ0) is 15.2. The molecule has 0 aromatic heterocycles. The van der Waals surface area contributed by atoms with Crippen LogP contribution in [0.4, 0.5) is 4.79 Å². The maximum absolute atomic E-state index is 11.6. The summed E-state index contributed by atoms with van der Waals surface area (Å²) in [6.07, 6.45) is -3.16. The van der Waals surface area contributed by atoms with Crippen LogP contribution in [0.5, 0.6) is 0 Å². The predicted molar refractivity (Wildman–Crippen MR) is 67.2 cm³/mol. The molecule has 7 heteroatoms. The number of carbonyl (C=O) groups is 2. The minimum Gasteiger partial charge on any atom is -0.452 e. The average Bonchev–Trinajstić information content (AvgIpc) is 2.27. The zero-order valence-electron chi connectivity index (χ0n) is 11.4. The molecule has 3 unspecified atom stereocenters. The highest BCUT2D eigenvalue weighted by Gasteiger charge is 2.39. The van der Waals surface area contributed by atoms with E-state index >= 15 is 0 Å². The van der Waals surface area contributed by atoms with Gasteiger partial charge < -0.3 is 25.4 Å². The molecule has 1 amide bonds. The van der Waals surface area contributed by atoms with Crippen LogP contribution in [-0.2, 0) is 14.3 Å². The van der Waals surface area contributed by atoms with E-state index in [0.29, 0.717) is 0 Å². The molecule has 19 heavy (non-hydrogen) atoms. The van der Waals surface area contributed by atoms with Crippen molar-refractivity contribution in [2.24, 2.45) is 5.73 Å². The second-order valence-electron chi connectivity index (χ2n) is 4.60. The molecule has 0 aliphatic carbocycles. The summed E-state index contributed by atoms with van der Waals surface area (Å²) < 4.78 is 9.97. The maximum atomic E-state index is 11.6. The van der Waals surface area contributed by atoms with Crippen LogP contribution in [0, 0.1) is 0 Å². The number of ether oxygens (including phenoxy) is 2. The monoisotopic (exact) mass is 275 g/mol. The van der Waals surface area contributed by atoms with Gasteiger partial charge >= 0.3 is 12.1 Å². The predicted octanol–water partition coefficient (Wildman–Crippen LogP) is 0.0915. The van der Waals surface area contributed by atoms with E-state index in [2.05, 4.69) is 6.58 Å². The van der Waals surface area contributed by atoms with Gasteiger partial charge in [-0.15, -0.1) is 0 Å². The fourth-order valence-electron chi connectivity index (χ4n) is 1.42. The zero-order valence-corrected chi connectivity index (χ0v) is 11.4. The lowest BCUT2D eigenvalue weighted by Gasteiger charge is -2.35. The second-order valence-corrected chi connectivity index (χ2v) is 4.60. The third-order valence-corrected chi connectivity index (χ3v) is 2.68. The molecule has 0 fully saturated rings. The molecule has 0 bridgehead atoms. The van der Waals surface area contributed by atoms with Crippen LogP contribution in [0.25, 0.3) is 0 Å².